The van der Waals surface area contributed by atoms with E-state index in [0.717, 1.165) is 18.0 Å². The van der Waals surface area contributed by atoms with Crippen molar-refractivity contribution >= 4 is 5.69 Å². The normalized spacial score (nSPS) is 14.9. The SMILES string of the molecule is CC(C)c1ccc2c(c1)N(CCF)CCO2. The molecule has 3 heteroatoms. The summed E-state index contributed by atoms with van der Waals surface area (Å²) >= 11 is 0. The molecule has 1 aromatic rings. The molecule has 1 aromatic carbocycles. The van der Waals surface area contributed by atoms with Crippen LogP contribution in [0.15, 0.2) is 18.2 Å². The minimum Gasteiger partial charge on any atom is -0.490 e. The van der Waals surface area contributed by atoms with E-state index in [9.17, 15) is 4.39 Å². The highest BCUT2D eigenvalue weighted by Crippen LogP contribution is 2.34. The Morgan fingerprint density at radius 2 is 2.25 bits per heavy atom. The number of benzene rings is 1. The van der Waals surface area contributed by atoms with E-state index in [0.29, 0.717) is 19.1 Å². The number of anilines is 1. The summed E-state index contributed by atoms with van der Waals surface area (Å²) in [6.45, 7) is 5.88. The van der Waals surface area contributed by atoms with Gasteiger partial charge in [-0.3, -0.25) is 0 Å². The van der Waals surface area contributed by atoms with Crippen LogP contribution in [0.25, 0.3) is 0 Å². The molecule has 0 aromatic heterocycles. The Bertz CT molecular complexity index is 365. The van der Waals surface area contributed by atoms with E-state index < -0.39 is 0 Å². The first-order valence-electron chi connectivity index (χ1n) is 5.80. The lowest BCUT2D eigenvalue weighted by atomic mass is 10.0. The van der Waals surface area contributed by atoms with E-state index in [4.69, 9.17) is 4.74 Å². The van der Waals surface area contributed by atoms with Crippen LogP contribution in [0.5, 0.6) is 5.75 Å². The van der Waals surface area contributed by atoms with Gasteiger partial charge >= 0.3 is 0 Å². The van der Waals surface area contributed by atoms with Crippen LogP contribution in [-0.2, 0) is 0 Å². The molecule has 0 unspecified atom stereocenters. The Kier molecular flexibility index (Phi) is 3.32. The topological polar surface area (TPSA) is 12.5 Å². The van der Waals surface area contributed by atoms with Crippen LogP contribution in [0.1, 0.15) is 25.3 Å². The summed E-state index contributed by atoms with van der Waals surface area (Å²) in [7, 11) is 0. The first-order chi connectivity index (χ1) is 7.72. The predicted octanol–water partition coefficient (Wildman–Crippen LogP) is 2.98. The van der Waals surface area contributed by atoms with Crippen molar-refractivity contribution in [2.45, 2.75) is 19.8 Å². The lowest BCUT2D eigenvalue weighted by Crippen LogP contribution is -2.34. The van der Waals surface area contributed by atoms with Crippen LogP contribution < -0.4 is 9.64 Å². The zero-order valence-electron chi connectivity index (χ0n) is 9.87. The zero-order valence-corrected chi connectivity index (χ0v) is 9.87. The van der Waals surface area contributed by atoms with Gasteiger partial charge < -0.3 is 9.64 Å². The number of hydrogen-bond donors (Lipinski definition) is 0. The molecule has 0 saturated carbocycles. The van der Waals surface area contributed by atoms with Gasteiger partial charge in [-0.25, -0.2) is 4.39 Å². The number of fused-ring (bicyclic) bond motifs is 1. The van der Waals surface area contributed by atoms with Gasteiger partial charge in [-0.05, 0) is 23.6 Å². The maximum atomic E-state index is 12.4. The maximum Gasteiger partial charge on any atom is 0.142 e. The largest absolute Gasteiger partial charge is 0.490 e. The van der Waals surface area contributed by atoms with Crippen molar-refractivity contribution in [3.63, 3.8) is 0 Å². The Hall–Kier alpha value is -1.25. The summed E-state index contributed by atoms with van der Waals surface area (Å²) in [4.78, 5) is 2.06. The molecule has 1 aliphatic rings. The van der Waals surface area contributed by atoms with Gasteiger partial charge in [0, 0.05) is 6.54 Å². The summed E-state index contributed by atoms with van der Waals surface area (Å²) in [5, 5.41) is 0. The Labute approximate surface area is 96.0 Å². The van der Waals surface area contributed by atoms with Crippen molar-refractivity contribution in [2.24, 2.45) is 0 Å². The molecular weight excluding hydrogens is 205 g/mol. The molecular formula is C13H18FNO. The highest BCUT2D eigenvalue weighted by Gasteiger charge is 2.18. The molecule has 0 fully saturated rings. The molecule has 0 aliphatic carbocycles. The summed E-state index contributed by atoms with van der Waals surface area (Å²) < 4.78 is 18.0. The predicted molar refractivity (Wildman–Crippen MR) is 64.2 cm³/mol. The first kappa shape index (κ1) is 11.2. The molecule has 0 atom stereocenters. The van der Waals surface area contributed by atoms with Gasteiger partial charge in [0.1, 0.15) is 19.0 Å². The van der Waals surface area contributed by atoms with Gasteiger partial charge in [-0.15, -0.1) is 0 Å². The molecule has 1 aliphatic heterocycles. The Morgan fingerprint density at radius 3 is 2.94 bits per heavy atom. The molecule has 2 nitrogen and oxygen atoms in total. The second-order valence-corrected chi connectivity index (χ2v) is 4.41. The molecule has 0 amide bonds. The van der Waals surface area contributed by atoms with E-state index in [1.807, 2.05) is 6.07 Å². The second-order valence-electron chi connectivity index (χ2n) is 4.41. The molecule has 1 heterocycles. The number of rotatable bonds is 3. The average molecular weight is 223 g/mol. The number of nitrogens with zero attached hydrogens (tertiary/aromatic N) is 1. The number of hydrogen-bond acceptors (Lipinski definition) is 2. The van der Waals surface area contributed by atoms with Crippen molar-refractivity contribution in [3.8, 4) is 5.75 Å². The highest BCUT2D eigenvalue weighted by atomic mass is 19.1. The third-order valence-electron chi connectivity index (χ3n) is 2.96. The molecule has 16 heavy (non-hydrogen) atoms. The van der Waals surface area contributed by atoms with Gasteiger partial charge in [0.15, 0.2) is 0 Å². The van der Waals surface area contributed by atoms with Gasteiger partial charge in [-0.2, -0.15) is 0 Å². The minimum absolute atomic E-state index is 0.314. The molecule has 88 valence electrons. The Morgan fingerprint density at radius 1 is 1.44 bits per heavy atom. The molecule has 0 radical (unpaired) electrons. The van der Waals surface area contributed by atoms with Crippen molar-refractivity contribution in [2.75, 3.05) is 31.3 Å². The van der Waals surface area contributed by atoms with Gasteiger partial charge in [0.2, 0.25) is 0 Å². The van der Waals surface area contributed by atoms with Crippen molar-refractivity contribution in [1.82, 2.24) is 0 Å². The highest BCUT2D eigenvalue weighted by molar-refractivity contribution is 5.61. The quantitative estimate of drug-likeness (QED) is 0.781. The van der Waals surface area contributed by atoms with E-state index in [2.05, 4.69) is 30.9 Å². The van der Waals surface area contributed by atoms with Crippen molar-refractivity contribution in [1.29, 1.82) is 0 Å². The van der Waals surface area contributed by atoms with Crippen LogP contribution in [-0.4, -0.2) is 26.4 Å². The van der Waals surface area contributed by atoms with E-state index in [1.165, 1.54) is 5.56 Å². The molecule has 2 rings (SSSR count). The minimum atomic E-state index is -0.314. The van der Waals surface area contributed by atoms with Crippen molar-refractivity contribution < 1.29 is 9.13 Å². The number of halogens is 1. The molecule has 0 bridgehead atoms. The zero-order chi connectivity index (χ0) is 11.5. The molecule has 0 spiro atoms. The molecule has 0 N–H and O–H groups in total. The summed E-state index contributed by atoms with van der Waals surface area (Å²) in [5.74, 6) is 1.36. The van der Waals surface area contributed by atoms with Crippen LogP contribution in [0.3, 0.4) is 0 Å². The van der Waals surface area contributed by atoms with E-state index >= 15 is 0 Å². The standard InChI is InChI=1S/C13H18FNO/c1-10(2)11-3-4-13-12(9-11)15(6-5-14)7-8-16-13/h3-4,9-10H,5-8H2,1-2H3. The van der Waals surface area contributed by atoms with Gasteiger partial charge in [0.25, 0.3) is 0 Å². The fourth-order valence-electron chi connectivity index (χ4n) is 1.98. The second kappa shape index (κ2) is 4.73. The summed E-state index contributed by atoms with van der Waals surface area (Å²) in [5.41, 5.74) is 2.31. The summed E-state index contributed by atoms with van der Waals surface area (Å²) in [6.07, 6.45) is 0. The number of ether oxygens (including phenoxy) is 1. The van der Waals surface area contributed by atoms with Crippen LogP contribution in [0.4, 0.5) is 10.1 Å². The average Bonchev–Trinajstić information content (AvgIpc) is 2.29. The first-order valence-corrected chi connectivity index (χ1v) is 5.80. The maximum absolute atomic E-state index is 12.4. The summed E-state index contributed by atoms with van der Waals surface area (Å²) in [6, 6.07) is 6.20. The smallest absolute Gasteiger partial charge is 0.142 e. The lowest BCUT2D eigenvalue weighted by Gasteiger charge is -2.31. The van der Waals surface area contributed by atoms with E-state index in [1.54, 1.807) is 0 Å². The number of alkyl halides is 1. The van der Waals surface area contributed by atoms with E-state index in [-0.39, 0.29) is 6.67 Å². The molecule has 0 saturated heterocycles. The van der Waals surface area contributed by atoms with Crippen molar-refractivity contribution in [3.05, 3.63) is 23.8 Å². The third-order valence-corrected chi connectivity index (χ3v) is 2.96. The fourth-order valence-corrected chi connectivity index (χ4v) is 1.98. The lowest BCUT2D eigenvalue weighted by molar-refractivity contribution is 0.304. The van der Waals surface area contributed by atoms with Crippen LogP contribution in [0.2, 0.25) is 0 Å². The van der Waals surface area contributed by atoms with Gasteiger partial charge in [0.05, 0.1) is 12.2 Å². The van der Waals surface area contributed by atoms with Crippen LogP contribution in [0, 0.1) is 0 Å². The third kappa shape index (κ3) is 2.13. The monoisotopic (exact) mass is 223 g/mol. The van der Waals surface area contributed by atoms with Crippen LogP contribution >= 0.6 is 0 Å². The van der Waals surface area contributed by atoms with Gasteiger partial charge in [-0.1, -0.05) is 19.9 Å². The fraction of sp³-hybridized carbons (Fsp3) is 0.538. The Balaban J connectivity index is 2.32.